The zero-order chi connectivity index (χ0) is 11.1. The first-order chi connectivity index (χ1) is 6.27. The van der Waals surface area contributed by atoms with Gasteiger partial charge < -0.3 is 10.5 Å². The molecule has 1 saturated heterocycles. The summed E-state index contributed by atoms with van der Waals surface area (Å²) in [6.45, 7) is 7.56. The van der Waals surface area contributed by atoms with E-state index in [2.05, 4.69) is 0 Å². The predicted octanol–water partition coefficient (Wildman–Crippen LogP) is 0.695. The average molecular weight is 199 g/mol. The Morgan fingerprint density at radius 2 is 2.00 bits per heavy atom. The normalized spacial score (nSPS) is 30.5. The van der Waals surface area contributed by atoms with Crippen molar-refractivity contribution in [2.45, 2.75) is 33.3 Å². The molecule has 0 radical (unpaired) electrons. The largest absolute Gasteiger partial charge is 0.459 e. The van der Waals surface area contributed by atoms with Crippen molar-refractivity contribution in [1.82, 2.24) is 0 Å². The Balaban J connectivity index is 3.05. The lowest BCUT2D eigenvalue weighted by atomic mass is 9.75. The minimum absolute atomic E-state index is 0.132. The molecule has 0 bridgehead atoms. The number of hydrogen-bond acceptors (Lipinski definition) is 3. The third-order valence-electron chi connectivity index (χ3n) is 2.80. The van der Waals surface area contributed by atoms with E-state index in [1.54, 1.807) is 0 Å². The molecule has 80 valence electrons. The van der Waals surface area contributed by atoms with Crippen LogP contribution in [0.15, 0.2) is 0 Å². The van der Waals surface area contributed by atoms with E-state index < -0.39 is 23.4 Å². The minimum atomic E-state index is -0.787. The van der Waals surface area contributed by atoms with Gasteiger partial charge >= 0.3 is 5.97 Å². The van der Waals surface area contributed by atoms with Gasteiger partial charge in [-0.15, -0.1) is 0 Å². The van der Waals surface area contributed by atoms with Crippen LogP contribution in [0.25, 0.3) is 0 Å². The van der Waals surface area contributed by atoms with Crippen LogP contribution >= 0.6 is 0 Å². The molecule has 4 nitrogen and oxygen atoms in total. The van der Waals surface area contributed by atoms with Crippen LogP contribution in [0, 0.1) is 17.8 Å². The predicted molar refractivity (Wildman–Crippen MR) is 51.2 cm³/mol. The third-order valence-corrected chi connectivity index (χ3v) is 2.80. The lowest BCUT2D eigenvalue weighted by Crippen LogP contribution is -2.39. The summed E-state index contributed by atoms with van der Waals surface area (Å²) in [5.41, 5.74) is 4.61. The molecular weight excluding hydrogens is 182 g/mol. The fourth-order valence-electron chi connectivity index (χ4n) is 2.42. The number of nitrogens with two attached hydrogens (primary N) is 1. The summed E-state index contributed by atoms with van der Waals surface area (Å²) in [4.78, 5) is 22.6. The van der Waals surface area contributed by atoms with Gasteiger partial charge in [0.2, 0.25) is 5.91 Å². The number of esters is 1. The Morgan fingerprint density at radius 3 is 2.29 bits per heavy atom. The lowest BCUT2D eigenvalue weighted by Gasteiger charge is -2.29. The van der Waals surface area contributed by atoms with Crippen LogP contribution in [-0.2, 0) is 14.3 Å². The van der Waals surface area contributed by atoms with E-state index >= 15 is 0 Å². The van der Waals surface area contributed by atoms with Crippen molar-refractivity contribution in [2.75, 3.05) is 0 Å². The van der Waals surface area contributed by atoms with Gasteiger partial charge in [0.05, 0.1) is 0 Å². The lowest BCUT2D eigenvalue weighted by molar-refractivity contribution is -0.150. The summed E-state index contributed by atoms with van der Waals surface area (Å²) in [6, 6.07) is 0. The van der Waals surface area contributed by atoms with Crippen LogP contribution < -0.4 is 5.73 Å². The van der Waals surface area contributed by atoms with Crippen molar-refractivity contribution in [3.63, 3.8) is 0 Å². The van der Waals surface area contributed by atoms with Crippen molar-refractivity contribution >= 4 is 11.9 Å². The molecule has 0 spiro atoms. The van der Waals surface area contributed by atoms with Crippen molar-refractivity contribution in [1.29, 1.82) is 0 Å². The van der Waals surface area contributed by atoms with Crippen LogP contribution in [0.2, 0.25) is 0 Å². The summed E-state index contributed by atoms with van der Waals surface area (Å²) < 4.78 is 5.16. The molecule has 2 N–H and O–H groups in total. The van der Waals surface area contributed by atoms with Crippen LogP contribution in [0.5, 0.6) is 0 Å². The fraction of sp³-hybridized carbons (Fsp3) is 0.800. The monoisotopic (exact) mass is 199 g/mol. The number of rotatable bonds is 2. The molecule has 1 amide bonds. The summed E-state index contributed by atoms with van der Waals surface area (Å²) in [5, 5.41) is 0. The number of cyclic esters (lactones) is 1. The quantitative estimate of drug-likeness (QED) is 0.525. The highest BCUT2D eigenvalue weighted by atomic mass is 16.6. The van der Waals surface area contributed by atoms with Crippen molar-refractivity contribution in [2.24, 2.45) is 23.5 Å². The van der Waals surface area contributed by atoms with E-state index in [9.17, 15) is 9.59 Å². The average Bonchev–Trinajstić information content (AvgIpc) is 2.19. The highest BCUT2D eigenvalue weighted by molar-refractivity contribution is 5.99. The zero-order valence-electron chi connectivity index (χ0n) is 9.03. The van der Waals surface area contributed by atoms with Crippen LogP contribution in [-0.4, -0.2) is 17.5 Å². The van der Waals surface area contributed by atoms with E-state index in [0.717, 1.165) is 0 Å². The molecule has 0 aromatic carbocycles. The molecule has 4 heteroatoms. The van der Waals surface area contributed by atoms with Gasteiger partial charge in [-0.1, -0.05) is 13.8 Å². The number of carbonyl (C=O) groups excluding carboxylic acids is 2. The molecule has 0 aromatic rings. The van der Waals surface area contributed by atoms with Gasteiger partial charge in [-0.05, 0) is 19.8 Å². The van der Waals surface area contributed by atoms with E-state index in [0.29, 0.717) is 0 Å². The Hall–Kier alpha value is -1.06. The molecule has 1 fully saturated rings. The van der Waals surface area contributed by atoms with E-state index in [1.807, 2.05) is 27.7 Å². The molecule has 0 aromatic heterocycles. The number of amides is 1. The third kappa shape index (κ3) is 1.61. The van der Waals surface area contributed by atoms with Crippen LogP contribution in [0.4, 0.5) is 0 Å². The Kier molecular flexibility index (Phi) is 2.56. The van der Waals surface area contributed by atoms with Crippen molar-refractivity contribution < 1.29 is 14.3 Å². The van der Waals surface area contributed by atoms with Crippen molar-refractivity contribution in [3.05, 3.63) is 0 Å². The van der Waals surface area contributed by atoms with Crippen LogP contribution in [0.3, 0.4) is 0 Å². The van der Waals surface area contributed by atoms with E-state index in [4.69, 9.17) is 10.5 Å². The maximum Gasteiger partial charge on any atom is 0.319 e. The SMILES string of the molecule is CC(C)C1C(C(N)=O)C(=O)OC1(C)C. The molecule has 14 heavy (non-hydrogen) atoms. The maximum atomic E-state index is 11.4. The molecule has 1 aliphatic heterocycles. The molecule has 1 aliphatic rings. The summed E-state index contributed by atoms with van der Waals surface area (Å²) >= 11 is 0. The van der Waals surface area contributed by atoms with Gasteiger partial charge in [-0.3, -0.25) is 9.59 Å². The van der Waals surface area contributed by atoms with Gasteiger partial charge in [-0.2, -0.15) is 0 Å². The molecule has 1 rings (SSSR count). The molecule has 2 unspecified atom stereocenters. The molecule has 0 saturated carbocycles. The second-order valence-electron chi connectivity index (χ2n) is 4.67. The van der Waals surface area contributed by atoms with E-state index in [-0.39, 0.29) is 11.8 Å². The van der Waals surface area contributed by atoms with Crippen LogP contribution in [0.1, 0.15) is 27.7 Å². The maximum absolute atomic E-state index is 11.4. The first-order valence-corrected chi connectivity index (χ1v) is 4.79. The zero-order valence-corrected chi connectivity index (χ0v) is 9.03. The fourth-order valence-corrected chi connectivity index (χ4v) is 2.42. The summed E-state index contributed by atoms with van der Waals surface area (Å²) in [7, 11) is 0. The topological polar surface area (TPSA) is 69.4 Å². The molecule has 2 atom stereocenters. The number of hydrogen-bond donors (Lipinski definition) is 1. The van der Waals surface area contributed by atoms with Gasteiger partial charge in [-0.25, -0.2) is 0 Å². The Labute approximate surface area is 83.8 Å². The van der Waals surface area contributed by atoms with Gasteiger partial charge in [0.25, 0.3) is 0 Å². The van der Waals surface area contributed by atoms with Gasteiger partial charge in [0, 0.05) is 5.92 Å². The summed E-state index contributed by atoms with van der Waals surface area (Å²) in [6.07, 6.45) is 0. The Morgan fingerprint density at radius 1 is 1.50 bits per heavy atom. The number of primary amides is 1. The first kappa shape index (κ1) is 11.0. The number of carbonyl (C=O) groups is 2. The van der Waals surface area contributed by atoms with Gasteiger partial charge in [0.1, 0.15) is 11.5 Å². The van der Waals surface area contributed by atoms with E-state index in [1.165, 1.54) is 0 Å². The molecule has 1 heterocycles. The highest BCUT2D eigenvalue weighted by Gasteiger charge is 2.53. The second-order valence-corrected chi connectivity index (χ2v) is 4.67. The highest BCUT2D eigenvalue weighted by Crippen LogP contribution is 2.41. The number of ether oxygens (including phenoxy) is 1. The van der Waals surface area contributed by atoms with Gasteiger partial charge in [0.15, 0.2) is 0 Å². The standard InChI is InChI=1S/C10H17NO3/c1-5(2)7-6(8(11)12)9(13)14-10(7,3)4/h5-7H,1-4H3,(H2,11,12). The first-order valence-electron chi connectivity index (χ1n) is 4.79. The smallest absolute Gasteiger partial charge is 0.319 e. The molecular formula is C10H17NO3. The molecule has 0 aliphatic carbocycles. The minimum Gasteiger partial charge on any atom is -0.459 e. The summed E-state index contributed by atoms with van der Waals surface area (Å²) in [5.74, 6) is -1.80. The Bertz CT molecular complexity index is 271. The second kappa shape index (κ2) is 3.26. The van der Waals surface area contributed by atoms with Crippen molar-refractivity contribution in [3.8, 4) is 0 Å².